The van der Waals surface area contributed by atoms with Gasteiger partial charge in [-0.3, -0.25) is 0 Å². The quantitative estimate of drug-likeness (QED) is 0.525. The van der Waals surface area contributed by atoms with Crippen molar-refractivity contribution in [2.75, 3.05) is 6.54 Å². The zero-order valence-electron chi connectivity index (χ0n) is 20.6. The molecule has 2 heterocycles. The number of nitrogens with two attached hydrogens (primary N) is 1. The number of rotatable bonds is 4. The molecular formula is C32H32N2O. The molecule has 4 atom stereocenters. The lowest BCUT2D eigenvalue weighted by Gasteiger charge is -2.50. The third kappa shape index (κ3) is 3.12. The highest BCUT2D eigenvalue weighted by molar-refractivity contribution is 5.68. The molecule has 3 N–H and O–H groups in total. The van der Waals surface area contributed by atoms with Crippen LogP contribution in [0.15, 0.2) is 102 Å². The number of allylic oxidation sites excluding steroid dienone is 6. The van der Waals surface area contributed by atoms with Crippen molar-refractivity contribution >= 4 is 6.08 Å². The molecular weight excluding hydrogens is 428 g/mol. The zero-order valence-corrected chi connectivity index (χ0v) is 20.6. The first-order valence-electron chi connectivity index (χ1n) is 12.5. The lowest BCUT2D eigenvalue weighted by atomic mass is 9.57. The van der Waals surface area contributed by atoms with E-state index in [2.05, 4.69) is 110 Å². The summed E-state index contributed by atoms with van der Waals surface area (Å²) in [5, 5.41) is 12.0. The molecule has 2 aliphatic carbocycles. The summed E-state index contributed by atoms with van der Waals surface area (Å²) < 4.78 is 0. The van der Waals surface area contributed by atoms with E-state index in [1.165, 1.54) is 33.4 Å². The Kier molecular flexibility index (Phi) is 5.10. The second-order valence-corrected chi connectivity index (χ2v) is 10.2. The Hall–Kier alpha value is -3.40. The van der Waals surface area contributed by atoms with Crippen molar-refractivity contribution in [1.29, 1.82) is 0 Å². The van der Waals surface area contributed by atoms with Gasteiger partial charge in [-0.2, -0.15) is 0 Å². The monoisotopic (exact) mass is 460 g/mol. The molecule has 0 radical (unpaired) electrons. The molecule has 35 heavy (non-hydrogen) atoms. The van der Waals surface area contributed by atoms with Crippen molar-refractivity contribution < 1.29 is 5.11 Å². The average molecular weight is 461 g/mol. The first-order valence-corrected chi connectivity index (χ1v) is 12.5. The number of fused-ring (bicyclic) bond motifs is 8. The average Bonchev–Trinajstić information content (AvgIpc) is 3.17. The van der Waals surface area contributed by atoms with Crippen LogP contribution in [0.4, 0.5) is 0 Å². The molecule has 3 nitrogen and oxygen atoms in total. The van der Waals surface area contributed by atoms with Crippen LogP contribution >= 0.6 is 0 Å². The summed E-state index contributed by atoms with van der Waals surface area (Å²) in [6.07, 6.45) is 19.4. The Morgan fingerprint density at radius 1 is 1.11 bits per heavy atom. The van der Waals surface area contributed by atoms with E-state index >= 15 is 0 Å². The highest BCUT2D eigenvalue weighted by atomic mass is 16.3. The van der Waals surface area contributed by atoms with E-state index in [1.807, 2.05) is 6.92 Å². The fourth-order valence-electron chi connectivity index (χ4n) is 6.27. The van der Waals surface area contributed by atoms with Crippen LogP contribution in [0.3, 0.4) is 0 Å². The molecule has 2 aromatic carbocycles. The summed E-state index contributed by atoms with van der Waals surface area (Å²) in [4.78, 5) is 2.46. The van der Waals surface area contributed by atoms with Gasteiger partial charge >= 0.3 is 0 Å². The maximum atomic E-state index is 12.0. The van der Waals surface area contributed by atoms with Gasteiger partial charge in [0.05, 0.1) is 12.1 Å². The predicted octanol–water partition coefficient (Wildman–Crippen LogP) is 6.33. The van der Waals surface area contributed by atoms with Crippen molar-refractivity contribution in [1.82, 2.24) is 4.90 Å². The molecule has 6 rings (SSSR count). The van der Waals surface area contributed by atoms with Crippen LogP contribution in [-0.2, 0) is 5.60 Å². The molecule has 0 amide bonds. The summed E-state index contributed by atoms with van der Waals surface area (Å²) in [7, 11) is 0. The fourth-order valence-corrected chi connectivity index (χ4v) is 6.27. The first-order chi connectivity index (χ1) is 16.9. The van der Waals surface area contributed by atoms with E-state index < -0.39 is 5.60 Å². The summed E-state index contributed by atoms with van der Waals surface area (Å²) in [6, 6.07) is 13.4. The predicted molar refractivity (Wildman–Crippen MR) is 144 cm³/mol. The van der Waals surface area contributed by atoms with Gasteiger partial charge in [-0.05, 0) is 65.8 Å². The molecule has 2 aromatic rings. The minimum Gasteiger partial charge on any atom is -0.380 e. The third-order valence-electron chi connectivity index (χ3n) is 8.14. The Bertz CT molecular complexity index is 1400. The molecule has 0 aromatic heterocycles. The second-order valence-electron chi connectivity index (χ2n) is 10.2. The summed E-state index contributed by atoms with van der Waals surface area (Å²) in [6.45, 7) is 6.83. The van der Waals surface area contributed by atoms with Crippen LogP contribution in [0.5, 0.6) is 0 Å². The van der Waals surface area contributed by atoms with Gasteiger partial charge < -0.3 is 15.7 Å². The van der Waals surface area contributed by atoms with Gasteiger partial charge in [-0.25, -0.2) is 0 Å². The van der Waals surface area contributed by atoms with Crippen LogP contribution in [-0.4, -0.2) is 16.6 Å². The summed E-state index contributed by atoms with van der Waals surface area (Å²) >= 11 is 0. The third-order valence-corrected chi connectivity index (χ3v) is 8.14. The van der Waals surface area contributed by atoms with Crippen molar-refractivity contribution in [3.8, 4) is 0 Å². The Morgan fingerprint density at radius 3 is 2.74 bits per heavy atom. The van der Waals surface area contributed by atoms with E-state index in [0.717, 1.165) is 16.7 Å². The van der Waals surface area contributed by atoms with E-state index in [4.69, 9.17) is 5.73 Å². The molecule has 0 bridgehead atoms. The normalized spacial score (nSPS) is 28.2. The zero-order chi connectivity index (χ0) is 24.3. The Labute approximate surface area is 208 Å². The number of hydrogen-bond donors (Lipinski definition) is 2. The van der Waals surface area contributed by atoms with Crippen LogP contribution in [0.2, 0.25) is 0 Å². The number of hydrogen-bond acceptors (Lipinski definition) is 3. The van der Waals surface area contributed by atoms with Gasteiger partial charge in [-0.15, -0.1) is 0 Å². The molecule has 2 aliphatic heterocycles. The number of aliphatic hydroxyl groups is 1. The van der Waals surface area contributed by atoms with Gasteiger partial charge in [0.15, 0.2) is 0 Å². The lowest BCUT2D eigenvalue weighted by Crippen LogP contribution is -2.46. The van der Waals surface area contributed by atoms with E-state index in [1.54, 1.807) is 0 Å². The second kappa shape index (κ2) is 8.08. The molecule has 0 spiro atoms. The van der Waals surface area contributed by atoms with Crippen LogP contribution in [0, 0.1) is 0 Å². The standard InChI is InChI=1S/C32H32N2O/c1-20-16-17-34-28(18-20)29-26(15-14-25-27-13-7-9-22(3)32(27,35)30(25)29)31(34)24-12-5-4-10-23(24)11-6-8-21(2)19-33/h4-18,27-28,31,35H,19,33H2,1-3H3/b11-6+,21-8-/t27?,28?,31-,32?/m0/s1. The Morgan fingerprint density at radius 2 is 1.91 bits per heavy atom. The van der Waals surface area contributed by atoms with E-state index in [-0.39, 0.29) is 18.0 Å². The highest BCUT2D eigenvalue weighted by Crippen LogP contribution is 2.62. The van der Waals surface area contributed by atoms with Crippen molar-refractivity contribution in [2.45, 2.75) is 44.4 Å². The number of benzene rings is 2. The minimum atomic E-state index is -0.914. The molecule has 0 saturated heterocycles. The molecule has 3 heteroatoms. The van der Waals surface area contributed by atoms with Crippen LogP contribution in [0.1, 0.15) is 72.2 Å². The molecule has 3 unspecified atom stereocenters. The van der Waals surface area contributed by atoms with Gasteiger partial charge in [0, 0.05) is 18.7 Å². The fraction of sp³-hybridized carbons (Fsp3) is 0.250. The maximum Gasteiger partial charge on any atom is 0.122 e. The topological polar surface area (TPSA) is 49.5 Å². The summed E-state index contributed by atoms with van der Waals surface area (Å²) in [5.41, 5.74) is 15.7. The van der Waals surface area contributed by atoms with Crippen molar-refractivity contribution in [2.24, 2.45) is 5.73 Å². The van der Waals surface area contributed by atoms with Crippen molar-refractivity contribution in [3.63, 3.8) is 0 Å². The SMILES string of the molecule is CC1=CC2c3c(ccc4c3C3(O)C(C)=CC=CC43)[C@H](c3ccccc3/C=C/C=C(/C)CN)N2C=C1. The maximum absolute atomic E-state index is 12.0. The molecule has 0 saturated carbocycles. The first kappa shape index (κ1) is 22.1. The summed E-state index contributed by atoms with van der Waals surface area (Å²) in [5.74, 6) is 0.0392. The van der Waals surface area contributed by atoms with Gasteiger partial charge in [0.1, 0.15) is 5.60 Å². The van der Waals surface area contributed by atoms with Gasteiger partial charge in [0.25, 0.3) is 0 Å². The van der Waals surface area contributed by atoms with Crippen molar-refractivity contribution in [3.05, 3.63) is 135 Å². The van der Waals surface area contributed by atoms with Crippen LogP contribution in [0.25, 0.3) is 6.08 Å². The van der Waals surface area contributed by atoms with E-state index in [0.29, 0.717) is 6.54 Å². The van der Waals surface area contributed by atoms with Crippen LogP contribution < -0.4 is 5.73 Å². The van der Waals surface area contributed by atoms with Gasteiger partial charge in [-0.1, -0.05) is 90.1 Å². The lowest BCUT2D eigenvalue weighted by molar-refractivity contribution is 0.0304. The molecule has 4 aliphatic rings. The minimum absolute atomic E-state index is 0.0392. The molecule has 0 fully saturated rings. The largest absolute Gasteiger partial charge is 0.380 e. The van der Waals surface area contributed by atoms with Gasteiger partial charge in [0.2, 0.25) is 0 Å². The number of nitrogens with zero attached hydrogens (tertiary/aromatic N) is 1. The van der Waals surface area contributed by atoms with E-state index in [9.17, 15) is 5.11 Å². The Balaban J connectivity index is 1.54. The highest BCUT2D eigenvalue weighted by Gasteiger charge is 2.56. The smallest absolute Gasteiger partial charge is 0.122 e. The molecule has 176 valence electrons.